The number of aryl methyl sites for hydroxylation is 2. The van der Waals surface area contributed by atoms with Crippen LogP contribution in [0.15, 0.2) is 24.5 Å². The normalized spacial score (nSPS) is 10.5. The molecule has 0 atom stereocenters. The minimum absolute atomic E-state index is 0.0138. The molecule has 3 nitrogen and oxygen atoms in total. The van der Waals surface area contributed by atoms with Crippen molar-refractivity contribution in [2.45, 2.75) is 20.4 Å². The first-order valence-corrected chi connectivity index (χ1v) is 5.66. The molecular formula is C11H12N2OS. The second-order valence-electron chi connectivity index (χ2n) is 3.28. The number of carbonyl (C=O) groups excluding carboxylic acids is 1. The summed E-state index contributed by atoms with van der Waals surface area (Å²) in [5.74, 6) is 0.541. The quantitative estimate of drug-likeness (QED) is 0.745. The zero-order chi connectivity index (χ0) is 10.8. The molecule has 2 aromatic rings. The van der Waals surface area contributed by atoms with Gasteiger partial charge in [0.2, 0.25) is 5.78 Å². The Balaban J connectivity index is 2.36. The molecule has 2 aromatic heterocycles. The van der Waals surface area contributed by atoms with Crippen molar-refractivity contribution in [2.75, 3.05) is 0 Å². The second-order valence-corrected chi connectivity index (χ2v) is 4.56. The molecule has 0 saturated heterocycles. The van der Waals surface area contributed by atoms with Crippen molar-refractivity contribution in [3.05, 3.63) is 40.1 Å². The fourth-order valence-corrected chi connectivity index (χ4v) is 2.24. The summed E-state index contributed by atoms with van der Waals surface area (Å²) in [5, 5.41) is 0. The Bertz CT molecular complexity index is 484. The molecule has 0 fully saturated rings. The van der Waals surface area contributed by atoms with Gasteiger partial charge < -0.3 is 4.57 Å². The molecule has 15 heavy (non-hydrogen) atoms. The lowest BCUT2D eigenvalue weighted by Crippen LogP contribution is -2.08. The SMILES string of the molecule is CCn1ccnc1C(=O)c1ccc(C)s1. The van der Waals surface area contributed by atoms with E-state index < -0.39 is 0 Å². The molecule has 0 aliphatic rings. The largest absolute Gasteiger partial charge is 0.328 e. The third-order valence-electron chi connectivity index (χ3n) is 2.22. The molecule has 0 spiro atoms. The van der Waals surface area contributed by atoms with Gasteiger partial charge in [0.05, 0.1) is 4.88 Å². The predicted octanol–water partition coefficient (Wildman–Crippen LogP) is 2.50. The van der Waals surface area contributed by atoms with E-state index in [1.165, 1.54) is 11.3 Å². The Labute approximate surface area is 92.4 Å². The van der Waals surface area contributed by atoms with Crippen LogP contribution in [0, 0.1) is 6.92 Å². The van der Waals surface area contributed by atoms with E-state index >= 15 is 0 Å². The Morgan fingerprint density at radius 3 is 2.93 bits per heavy atom. The van der Waals surface area contributed by atoms with Gasteiger partial charge in [-0.25, -0.2) is 4.98 Å². The minimum Gasteiger partial charge on any atom is -0.328 e. The zero-order valence-electron chi connectivity index (χ0n) is 8.73. The van der Waals surface area contributed by atoms with Gasteiger partial charge in [-0.2, -0.15) is 0 Å². The van der Waals surface area contributed by atoms with E-state index in [0.717, 1.165) is 16.3 Å². The second kappa shape index (κ2) is 3.98. The molecule has 0 aliphatic heterocycles. The molecule has 0 radical (unpaired) electrons. The Kier molecular flexibility index (Phi) is 2.68. The summed E-state index contributed by atoms with van der Waals surface area (Å²) in [7, 11) is 0. The summed E-state index contributed by atoms with van der Waals surface area (Å²) in [6.45, 7) is 4.76. The van der Waals surface area contributed by atoms with E-state index in [4.69, 9.17) is 0 Å². The average molecular weight is 220 g/mol. The van der Waals surface area contributed by atoms with Crippen LogP contribution in [0.2, 0.25) is 0 Å². The number of rotatable bonds is 3. The highest BCUT2D eigenvalue weighted by molar-refractivity contribution is 7.14. The Morgan fingerprint density at radius 2 is 2.33 bits per heavy atom. The van der Waals surface area contributed by atoms with Gasteiger partial charge in [-0.15, -0.1) is 11.3 Å². The summed E-state index contributed by atoms with van der Waals surface area (Å²) < 4.78 is 1.86. The number of hydrogen-bond acceptors (Lipinski definition) is 3. The van der Waals surface area contributed by atoms with Crippen LogP contribution in [0.1, 0.15) is 27.3 Å². The minimum atomic E-state index is 0.0138. The molecule has 0 aromatic carbocycles. The van der Waals surface area contributed by atoms with E-state index in [2.05, 4.69) is 4.98 Å². The van der Waals surface area contributed by atoms with Gasteiger partial charge in [0.1, 0.15) is 0 Å². The first kappa shape index (κ1) is 10.1. The number of imidazole rings is 1. The summed E-state index contributed by atoms with van der Waals surface area (Å²) in [5.41, 5.74) is 0. The van der Waals surface area contributed by atoms with E-state index in [0.29, 0.717) is 5.82 Å². The lowest BCUT2D eigenvalue weighted by atomic mass is 10.3. The summed E-state index contributed by atoms with van der Waals surface area (Å²) in [6, 6.07) is 3.81. The molecule has 2 rings (SSSR count). The predicted molar refractivity (Wildman–Crippen MR) is 60.4 cm³/mol. The van der Waals surface area contributed by atoms with Crippen LogP contribution < -0.4 is 0 Å². The summed E-state index contributed by atoms with van der Waals surface area (Å²) in [6.07, 6.45) is 3.49. The highest BCUT2D eigenvalue weighted by atomic mass is 32.1. The van der Waals surface area contributed by atoms with Crippen molar-refractivity contribution in [3.63, 3.8) is 0 Å². The van der Waals surface area contributed by atoms with Crippen molar-refractivity contribution >= 4 is 17.1 Å². The van der Waals surface area contributed by atoms with Crippen LogP contribution in [0.5, 0.6) is 0 Å². The van der Waals surface area contributed by atoms with Crippen molar-refractivity contribution < 1.29 is 4.79 Å². The van der Waals surface area contributed by atoms with Crippen LogP contribution in [0.3, 0.4) is 0 Å². The number of carbonyl (C=O) groups is 1. The molecule has 0 unspecified atom stereocenters. The topological polar surface area (TPSA) is 34.9 Å². The van der Waals surface area contributed by atoms with Gasteiger partial charge in [0.25, 0.3) is 0 Å². The van der Waals surface area contributed by atoms with Gasteiger partial charge in [0, 0.05) is 23.8 Å². The fraction of sp³-hybridized carbons (Fsp3) is 0.273. The third kappa shape index (κ3) is 1.85. The third-order valence-corrected chi connectivity index (χ3v) is 3.22. The fourth-order valence-electron chi connectivity index (χ4n) is 1.44. The Hall–Kier alpha value is -1.42. The van der Waals surface area contributed by atoms with Gasteiger partial charge in [-0.1, -0.05) is 0 Å². The number of ketones is 1. The maximum atomic E-state index is 12.0. The van der Waals surface area contributed by atoms with Crippen LogP contribution in [0.25, 0.3) is 0 Å². The lowest BCUT2D eigenvalue weighted by molar-refractivity contribution is 0.102. The number of nitrogens with zero attached hydrogens (tertiary/aromatic N) is 2. The molecular weight excluding hydrogens is 208 g/mol. The zero-order valence-corrected chi connectivity index (χ0v) is 9.54. The van der Waals surface area contributed by atoms with E-state index in [1.54, 1.807) is 6.20 Å². The summed E-state index contributed by atoms with van der Waals surface area (Å²) >= 11 is 1.51. The van der Waals surface area contributed by atoms with Crippen LogP contribution in [-0.2, 0) is 6.54 Å². The van der Waals surface area contributed by atoms with Gasteiger partial charge in [-0.3, -0.25) is 4.79 Å². The highest BCUT2D eigenvalue weighted by Gasteiger charge is 2.15. The molecule has 2 heterocycles. The molecule has 4 heteroatoms. The number of aromatic nitrogens is 2. The van der Waals surface area contributed by atoms with Gasteiger partial charge >= 0.3 is 0 Å². The van der Waals surface area contributed by atoms with E-state index in [1.807, 2.05) is 36.7 Å². The maximum Gasteiger partial charge on any atom is 0.238 e. The highest BCUT2D eigenvalue weighted by Crippen LogP contribution is 2.18. The monoisotopic (exact) mass is 220 g/mol. The molecule has 0 aliphatic carbocycles. The van der Waals surface area contributed by atoms with Crippen molar-refractivity contribution in [3.8, 4) is 0 Å². The molecule has 0 bridgehead atoms. The molecule has 0 saturated carbocycles. The van der Waals surface area contributed by atoms with Crippen LogP contribution >= 0.6 is 11.3 Å². The van der Waals surface area contributed by atoms with Gasteiger partial charge in [-0.05, 0) is 26.0 Å². The van der Waals surface area contributed by atoms with Crippen LogP contribution in [-0.4, -0.2) is 15.3 Å². The summed E-state index contributed by atoms with van der Waals surface area (Å²) in [4.78, 5) is 18.0. The first-order valence-electron chi connectivity index (χ1n) is 4.84. The Morgan fingerprint density at radius 1 is 1.53 bits per heavy atom. The van der Waals surface area contributed by atoms with E-state index in [9.17, 15) is 4.79 Å². The maximum absolute atomic E-state index is 12.0. The smallest absolute Gasteiger partial charge is 0.238 e. The van der Waals surface area contributed by atoms with Crippen molar-refractivity contribution in [2.24, 2.45) is 0 Å². The first-order chi connectivity index (χ1) is 7.22. The lowest BCUT2D eigenvalue weighted by Gasteiger charge is -2.01. The van der Waals surface area contributed by atoms with Crippen molar-refractivity contribution in [1.29, 1.82) is 0 Å². The standard InChI is InChI=1S/C11H12N2OS/c1-3-13-7-6-12-11(13)10(14)9-5-4-8(2)15-9/h4-7H,3H2,1-2H3. The molecule has 0 N–H and O–H groups in total. The van der Waals surface area contributed by atoms with Crippen molar-refractivity contribution in [1.82, 2.24) is 9.55 Å². The van der Waals surface area contributed by atoms with E-state index in [-0.39, 0.29) is 5.78 Å². The molecule has 78 valence electrons. The molecule has 0 amide bonds. The van der Waals surface area contributed by atoms with Gasteiger partial charge in [0.15, 0.2) is 5.82 Å². The van der Waals surface area contributed by atoms with Crippen LogP contribution in [0.4, 0.5) is 0 Å². The number of hydrogen-bond donors (Lipinski definition) is 0. The number of thiophene rings is 1. The average Bonchev–Trinajstić information content (AvgIpc) is 2.84.